The molecule has 0 amide bonds. The number of ether oxygens (including phenoxy) is 2. The molecule has 0 radical (unpaired) electrons. The summed E-state index contributed by atoms with van der Waals surface area (Å²) in [6, 6.07) is 4.01. The lowest BCUT2D eigenvalue weighted by Gasteiger charge is -2.23. The van der Waals surface area contributed by atoms with Gasteiger partial charge in [-0.25, -0.2) is 9.59 Å². The number of benzene rings is 1. The van der Waals surface area contributed by atoms with E-state index in [9.17, 15) is 9.59 Å². The fraction of sp³-hybridized carbons (Fsp3) is 0.200. The highest BCUT2D eigenvalue weighted by molar-refractivity contribution is 5.88. The Morgan fingerprint density at radius 3 is 2.62 bits per heavy atom. The molecular formula is C10H8O6. The Hall–Kier alpha value is -2.24. The largest absolute Gasteiger partial charge is 0.485 e. The first kappa shape index (κ1) is 10.3. The first-order valence-corrected chi connectivity index (χ1v) is 4.47. The zero-order valence-corrected chi connectivity index (χ0v) is 8.04. The van der Waals surface area contributed by atoms with Crippen molar-refractivity contribution in [2.75, 3.05) is 6.61 Å². The first-order valence-electron chi connectivity index (χ1n) is 4.47. The highest BCUT2D eigenvalue weighted by Crippen LogP contribution is 2.32. The third-order valence-corrected chi connectivity index (χ3v) is 2.13. The second-order valence-electron chi connectivity index (χ2n) is 3.22. The molecule has 0 spiro atoms. The van der Waals surface area contributed by atoms with Gasteiger partial charge in [0, 0.05) is 0 Å². The van der Waals surface area contributed by atoms with Gasteiger partial charge in [-0.05, 0) is 18.2 Å². The minimum Gasteiger partial charge on any atom is -0.485 e. The van der Waals surface area contributed by atoms with Gasteiger partial charge in [-0.2, -0.15) is 0 Å². The SMILES string of the molecule is O=C(O)c1ccc2c(c1)OCC(C(=O)O)O2. The van der Waals surface area contributed by atoms with Gasteiger partial charge in [-0.1, -0.05) is 0 Å². The summed E-state index contributed by atoms with van der Waals surface area (Å²) in [5, 5.41) is 17.4. The topological polar surface area (TPSA) is 93.1 Å². The van der Waals surface area contributed by atoms with Crippen LogP contribution in [0.2, 0.25) is 0 Å². The molecule has 2 N–H and O–H groups in total. The Morgan fingerprint density at radius 1 is 1.25 bits per heavy atom. The normalized spacial score (nSPS) is 17.9. The summed E-state index contributed by atoms with van der Waals surface area (Å²) in [6.07, 6.45) is -1.05. The summed E-state index contributed by atoms with van der Waals surface area (Å²) < 4.78 is 10.2. The van der Waals surface area contributed by atoms with Gasteiger partial charge in [0.1, 0.15) is 6.61 Å². The average molecular weight is 224 g/mol. The smallest absolute Gasteiger partial charge is 0.348 e. The van der Waals surface area contributed by atoms with Gasteiger partial charge in [-0.15, -0.1) is 0 Å². The number of carboxylic acid groups (broad SMARTS) is 2. The molecule has 84 valence electrons. The van der Waals surface area contributed by atoms with Crippen molar-refractivity contribution in [1.82, 2.24) is 0 Å². The zero-order chi connectivity index (χ0) is 11.7. The van der Waals surface area contributed by atoms with E-state index in [2.05, 4.69) is 0 Å². The van der Waals surface area contributed by atoms with E-state index in [0.717, 1.165) is 0 Å². The quantitative estimate of drug-likeness (QED) is 0.764. The lowest BCUT2D eigenvalue weighted by molar-refractivity contribution is -0.147. The second-order valence-corrected chi connectivity index (χ2v) is 3.22. The Morgan fingerprint density at radius 2 is 2.00 bits per heavy atom. The molecule has 16 heavy (non-hydrogen) atoms. The molecule has 2 rings (SSSR count). The molecule has 0 fully saturated rings. The predicted octanol–water partition coefficient (Wildman–Crippen LogP) is 0.609. The summed E-state index contributed by atoms with van der Waals surface area (Å²) in [7, 11) is 0. The number of aliphatic carboxylic acids is 1. The van der Waals surface area contributed by atoms with Crippen LogP contribution in [0.5, 0.6) is 11.5 Å². The van der Waals surface area contributed by atoms with Crippen molar-refractivity contribution in [2.24, 2.45) is 0 Å². The molecule has 0 bridgehead atoms. The van der Waals surface area contributed by atoms with Gasteiger partial charge in [-0.3, -0.25) is 0 Å². The minimum atomic E-state index is -1.12. The fourth-order valence-corrected chi connectivity index (χ4v) is 1.33. The van der Waals surface area contributed by atoms with Crippen LogP contribution < -0.4 is 9.47 Å². The van der Waals surface area contributed by atoms with Crippen LogP contribution in [0.1, 0.15) is 10.4 Å². The van der Waals surface area contributed by atoms with Gasteiger partial charge in [0.05, 0.1) is 5.56 Å². The van der Waals surface area contributed by atoms with E-state index in [0.29, 0.717) is 0 Å². The molecule has 1 atom stereocenters. The summed E-state index contributed by atoms with van der Waals surface area (Å²) in [5.41, 5.74) is 0.0659. The lowest BCUT2D eigenvalue weighted by atomic mass is 10.2. The van der Waals surface area contributed by atoms with Crippen LogP contribution in [0.15, 0.2) is 18.2 Å². The van der Waals surface area contributed by atoms with Crippen LogP contribution in [0.4, 0.5) is 0 Å². The maximum Gasteiger partial charge on any atom is 0.348 e. The molecule has 1 aromatic carbocycles. The van der Waals surface area contributed by atoms with Crippen LogP contribution in [0.3, 0.4) is 0 Å². The van der Waals surface area contributed by atoms with Gasteiger partial charge < -0.3 is 19.7 Å². The maximum absolute atomic E-state index is 10.7. The lowest BCUT2D eigenvalue weighted by Crippen LogP contribution is -2.36. The van der Waals surface area contributed by atoms with Gasteiger partial charge in [0.15, 0.2) is 11.5 Å². The predicted molar refractivity (Wildman–Crippen MR) is 50.9 cm³/mol. The van der Waals surface area contributed by atoms with Gasteiger partial charge in [0.25, 0.3) is 0 Å². The van der Waals surface area contributed by atoms with Crippen molar-refractivity contribution in [3.05, 3.63) is 23.8 Å². The van der Waals surface area contributed by atoms with E-state index >= 15 is 0 Å². The summed E-state index contributed by atoms with van der Waals surface area (Å²) in [6.45, 7) is -0.134. The summed E-state index contributed by atoms with van der Waals surface area (Å²) in [5.74, 6) is -1.71. The highest BCUT2D eigenvalue weighted by Gasteiger charge is 2.27. The van der Waals surface area contributed by atoms with Crippen LogP contribution in [0, 0.1) is 0 Å². The second kappa shape index (κ2) is 3.73. The number of rotatable bonds is 2. The standard InChI is InChI=1S/C10H8O6/c11-9(12)5-1-2-6-7(3-5)15-4-8(16-6)10(13)14/h1-3,8H,4H2,(H,11,12)(H,13,14). The van der Waals surface area contributed by atoms with E-state index in [1.807, 2.05) is 0 Å². The molecule has 0 saturated heterocycles. The van der Waals surface area contributed by atoms with E-state index in [1.54, 1.807) is 0 Å². The minimum absolute atomic E-state index is 0.0659. The molecule has 6 heteroatoms. The first-order chi connectivity index (χ1) is 7.58. The molecule has 1 aliphatic rings. The fourth-order valence-electron chi connectivity index (χ4n) is 1.33. The average Bonchev–Trinajstić information content (AvgIpc) is 2.27. The van der Waals surface area contributed by atoms with Gasteiger partial charge >= 0.3 is 11.9 Å². The Bertz CT molecular complexity index is 453. The van der Waals surface area contributed by atoms with Crippen molar-refractivity contribution in [1.29, 1.82) is 0 Å². The van der Waals surface area contributed by atoms with Crippen molar-refractivity contribution < 1.29 is 29.3 Å². The Labute approximate surface area is 90.0 Å². The third-order valence-electron chi connectivity index (χ3n) is 2.13. The number of hydrogen-bond acceptors (Lipinski definition) is 4. The third kappa shape index (κ3) is 1.77. The Kier molecular flexibility index (Phi) is 2.40. The molecule has 0 aliphatic carbocycles. The van der Waals surface area contributed by atoms with Gasteiger partial charge in [0.2, 0.25) is 6.10 Å². The summed E-state index contributed by atoms with van der Waals surface area (Å²) in [4.78, 5) is 21.3. The highest BCUT2D eigenvalue weighted by atomic mass is 16.6. The Balaban J connectivity index is 2.29. The molecule has 1 heterocycles. The van der Waals surface area contributed by atoms with E-state index in [1.165, 1.54) is 18.2 Å². The van der Waals surface area contributed by atoms with Crippen molar-refractivity contribution in [3.63, 3.8) is 0 Å². The number of aromatic carboxylic acids is 1. The van der Waals surface area contributed by atoms with Crippen molar-refractivity contribution >= 4 is 11.9 Å². The molecule has 1 aliphatic heterocycles. The molecule has 6 nitrogen and oxygen atoms in total. The van der Waals surface area contributed by atoms with Crippen molar-refractivity contribution in [2.45, 2.75) is 6.10 Å². The van der Waals surface area contributed by atoms with E-state index < -0.39 is 18.0 Å². The summed E-state index contributed by atoms with van der Waals surface area (Å²) >= 11 is 0. The molecule has 0 aromatic heterocycles. The monoisotopic (exact) mass is 224 g/mol. The zero-order valence-electron chi connectivity index (χ0n) is 8.04. The van der Waals surface area contributed by atoms with Crippen LogP contribution in [0.25, 0.3) is 0 Å². The van der Waals surface area contributed by atoms with Crippen LogP contribution in [-0.2, 0) is 4.79 Å². The van der Waals surface area contributed by atoms with Crippen molar-refractivity contribution in [3.8, 4) is 11.5 Å². The van der Waals surface area contributed by atoms with E-state index in [-0.39, 0.29) is 23.7 Å². The number of hydrogen-bond donors (Lipinski definition) is 2. The number of carboxylic acids is 2. The molecular weight excluding hydrogens is 216 g/mol. The van der Waals surface area contributed by atoms with Crippen LogP contribution in [-0.4, -0.2) is 34.9 Å². The molecule has 1 aromatic rings. The molecule has 1 unspecified atom stereocenters. The van der Waals surface area contributed by atoms with E-state index in [4.69, 9.17) is 19.7 Å². The van der Waals surface area contributed by atoms with Crippen LogP contribution >= 0.6 is 0 Å². The molecule has 0 saturated carbocycles. The number of fused-ring (bicyclic) bond motifs is 1. The number of carbonyl (C=O) groups is 2. The maximum atomic E-state index is 10.7.